The lowest BCUT2D eigenvalue weighted by Gasteiger charge is -2.33. The molecule has 0 bridgehead atoms. The number of aliphatic hydroxyl groups is 2. The van der Waals surface area contributed by atoms with Gasteiger partial charge in [0.25, 0.3) is 0 Å². The molecule has 208 valence electrons. The van der Waals surface area contributed by atoms with Crippen LogP contribution >= 0.6 is 0 Å². The van der Waals surface area contributed by atoms with Crippen molar-refractivity contribution in [2.45, 2.75) is 70.2 Å². The molecule has 0 aliphatic rings. The van der Waals surface area contributed by atoms with Gasteiger partial charge in [-0.15, -0.1) is 0 Å². The summed E-state index contributed by atoms with van der Waals surface area (Å²) in [5, 5.41) is 25.4. The molecule has 2 unspecified atom stereocenters. The molecule has 0 aromatic heterocycles. The predicted molar refractivity (Wildman–Crippen MR) is 145 cm³/mol. The summed E-state index contributed by atoms with van der Waals surface area (Å²) < 4.78 is 5.12. The number of hydrogen-bond acceptors (Lipinski definition) is 7. The van der Waals surface area contributed by atoms with Crippen LogP contribution in [-0.4, -0.2) is 58.8 Å². The Labute approximate surface area is 224 Å². The lowest BCUT2D eigenvalue weighted by molar-refractivity contribution is -0.135. The standard InChI is InChI=1S/C29H41N3O6/c1-21(32-28(37)38-20-23-15-9-4-10-16-23)27(36)31-18-24(19-33)29(2,30)26(35)25(34)17-11-5-8-14-22-12-6-3-7-13-22/h3-4,6-7,9-10,12-13,15-16,21,24-25,33-34H,5,8,11,14,17-20,30H2,1-2H3,(H,31,36)(H,32,37)/t21-,24?,25?,29+/m0/s1. The molecule has 2 amide bonds. The molecule has 0 radical (unpaired) electrons. The van der Waals surface area contributed by atoms with Gasteiger partial charge in [0.2, 0.25) is 5.91 Å². The van der Waals surface area contributed by atoms with Gasteiger partial charge in [-0.2, -0.15) is 0 Å². The number of benzene rings is 2. The number of ketones is 1. The van der Waals surface area contributed by atoms with Crippen LogP contribution in [0.5, 0.6) is 0 Å². The molecule has 0 saturated heterocycles. The molecule has 0 spiro atoms. The highest BCUT2D eigenvalue weighted by Crippen LogP contribution is 2.19. The Balaban J connectivity index is 1.74. The van der Waals surface area contributed by atoms with Crippen molar-refractivity contribution in [2.75, 3.05) is 13.2 Å². The summed E-state index contributed by atoms with van der Waals surface area (Å²) in [5.74, 6) is -1.93. The van der Waals surface area contributed by atoms with Crippen molar-refractivity contribution in [3.8, 4) is 0 Å². The van der Waals surface area contributed by atoms with Gasteiger partial charge >= 0.3 is 6.09 Å². The van der Waals surface area contributed by atoms with E-state index < -0.39 is 48.0 Å². The molecule has 2 aromatic rings. The van der Waals surface area contributed by atoms with E-state index in [4.69, 9.17) is 10.5 Å². The first-order valence-electron chi connectivity index (χ1n) is 13.1. The van der Waals surface area contributed by atoms with Crippen molar-refractivity contribution in [3.63, 3.8) is 0 Å². The number of aryl methyl sites for hydroxylation is 1. The van der Waals surface area contributed by atoms with Gasteiger partial charge in [-0.25, -0.2) is 4.79 Å². The Morgan fingerprint density at radius 2 is 1.58 bits per heavy atom. The van der Waals surface area contributed by atoms with Gasteiger partial charge in [-0.1, -0.05) is 73.5 Å². The van der Waals surface area contributed by atoms with Gasteiger partial charge in [0.05, 0.1) is 5.54 Å². The number of carbonyl (C=O) groups excluding carboxylic acids is 3. The third-order valence-electron chi connectivity index (χ3n) is 6.65. The number of aliphatic hydroxyl groups excluding tert-OH is 2. The van der Waals surface area contributed by atoms with E-state index in [0.717, 1.165) is 24.8 Å². The minimum Gasteiger partial charge on any atom is -0.445 e. The van der Waals surface area contributed by atoms with Gasteiger partial charge < -0.3 is 31.3 Å². The molecule has 2 rings (SSSR count). The summed E-state index contributed by atoms with van der Waals surface area (Å²) in [4.78, 5) is 37.4. The molecule has 2 aromatic carbocycles. The van der Waals surface area contributed by atoms with Gasteiger partial charge in [0.1, 0.15) is 18.8 Å². The number of unbranched alkanes of at least 4 members (excludes halogenated alkanes) is 2. The number of nitrogens with one attached hydrogen (secondary N) is 2. The molecule has 0 saturated carbocycles. The second-order valence-electron chi connectivity index (χ2n) is 9.80. The Hall–Kier alpha value is -3.27. The largest absolute Gasteiger partial charge is 0.445 e. The maximum absolute atomic E-state index is 12.9. The van der Waals surface area contributed by atoms with Crippen LogP contribution in [0.1, 0.15) is 50.7 Å². The number of amides is 2. The highest BCUT2D eigenvalue weighted by molar-refractivity contribution is 5.92. The average molecular weight is 528 g/mol. The summed E-state index contributed by atoms with van der Waals surface area (Å²) in [6.45, 7) is 2.42. The number of rotatable bonds is 16. The monoisotopic (exact) mass is 527 g/mol. The van der Waals surface area contributed by atoms with Gasteiger partial charge in [0, 0.05) is 19.1 Å². The van der Waals surface area contributed by atoms with Crippen molar-refractivity contribution in [1.29, 1.82) is 0 Å². The zero-order chi connectivity index (χ0) is 28.0. The van der Waals surface area contributed by atoms with Gasteiger partial charge in [-0.05, 0) is 44.2 Å². The van der Waals surface area contributed by atoms with Crippen LogP contribution in [-0.2, 0) is 27.4 Å². The van der Waals surface area contributed by atoms with E-state index in [1.165, 1.54) is 19.4 Å². The van der Waals surface area contributed by atoms with E-state index in [2.05, 4.69) is 22.8 Å². The first-order chi connectivity index (χ1) is 18.1. The van der Waals surface area contributed by atoms with Crippen LogP contribution in [0.4, 0.5) is 4.79 Å². The van der Waals surface area contributed by atoms with Crippen LogP contribution in [0.25, 0.3) is 0 Å². The molecule has 0 heterocycles. The van der Waals surface area contributed by atoms with Gasteiger partial charge in [0.15, 0.2) is 5.78 Å². The van der Waals surface area contributed by atoms with Crippen LogP contribution in [0.3, 0.4) is 0 Å². The molecule has 6 N–H and O–H groups in total. The zero-order valence-corrected chi connectivity index (χ0v) is 22.3. The molecular weight excluding hydrogens is 486 g/mol. The van der Waals surface area contributed by atoms with Gasteiger partial charge in [-0.3, -0.25) is 9.59 Å². The number of carbonyl (C=O) groups is 3. The van der Waals surface area contributed by atoms with E-state index in [9.17, 15) is 24.6 Å². The first-order valence-corrected chi connectivity index (χ1v) is 13.1. The second kappa shape index (κ2) is 15.9. The summed E-state index contributed by atoms with van der Waals surface area (Å²) in [6.07, 6.45) is 1.67. The first kappa shape index (κ1) is 31.0. The topological polar surface area (TPSA) is 151 Å². The van der Waals surface area contributed by atoms with E-state index in [1.54, 1.807) is 0 Å². The quantitative estimate of drug-likeness (QED) is 0.210. The van der Waals surface area contributed by atoms with Crippen molar-refractivity contribution in [1.82, 2.24) is 10.6 Å². The zero-order valence-electron chi connectivity index (χ0n) is 22.3. The smallest absolute Gasteiger partial charge is 0.408 e. The summed E-state index contributed by atoms with van der Waals surface area (Å²) >= 11 is 0. The van der Waals surface area contributed by atoms with Crippen molar-refractivity contribution in [2.24, 2.45) is 11.7 Å². The highest BCUT2D eigenvalue weighted by Gasteiger charge is 2.40. The second-order valence-corrected chi connectivity index (χ2v) is 9.80. The number of alkyl carbamates (subject to hydrolysis) is 1. The Kier molecular flexibility index (Phi) is 12.9. The third kappa shape index (κ3) is 10.2. The molecular formula is C29H41N3O6. The molecule has 4 atom stereocenters. The Morgan fingerprint density at radius 3 is 2.18 bits per heavy atom. The van der Waals surface area contributed by atoms with Crippen molar-refractivity contribution >= 4 is 17.8 Å². The maximum Gasteiger partial charge on any atom is 0.408 e. The molecule has 0 aliphatic heterocycles. The van der Waals surface area contributed by atoms with Crippen LogP contribution < -0.4 is 16.4 Å². The fourth-order valence-corrected chi connectivity index (χ4v) is 4.03. The fourth-order valence-electron chi connectivity index (χ4n) is 4.03. The minimum atomic E-state index is -1.56. The average Bonchev–Trinajstić information content (AvgIpc) is 2.92. The molecule has 9 heteroatoms. The summed E-state index contributed by atoms with van der Waals surface area (Å²) in [5.41, 5.74) is 6.75. The minimum absolute atomic E-state index is 0.0661. The molecule has 9 nitrogen and oxygen atoms in total. The van der Waals surface area contributed by atoms with E-state index in [0.29, 0.717) is 6.42 Å². The lowest BCUT2D eigenvalue weighted by Crippen LogP contribution is -2.59. The van der Waals surface area contributed by atoms with E-state index >= 15 is 0 Å². The normalized spacial score (nSPS) is 15.0. The fraction of sp³-hybridized carbons (Fsp3) is 0.483. The van der Waals surface area contributed by atoms with Crippen LogP contribution in [0, 0.1) is 5.92 Å². The SMILES string of the molecule is C[C@H](NC(=O)OCc1ccccc1)C(=O)NCC(CO)[C@@](C)(N)C(=O)C(O)CCCCCc1ccccc1. The number of nitrogens with two attached hydrogens (primary N) is 1. The molecule has 38 heavy (non-hydrogen) atoms. The Morgan fingerprint density at radius 1 is 0.974 bits per heavy atom. The molecule has 0 fully saturated rings. The van der Waals surface area contributed by atoms with E-state index in [-0.39, 0.29) is 19.6 Å². The van der Waals surface area contributed by atoms with Crippen LogP contribution in [0.2, 0.25) is 0 Å². The van der Waals surface area contributed by atoms with Crippen molar-refractivity contribution < 1.29 is 29.3 Å². The number of ether oxygens (including phenoxy) is 1. The maximum atomic E-state index is 12.9. The predicted octanol–water partition coefficient (Wildman–Crippen LogP) is 2.48. The van der Waals surface area contributed by atoms with Crippen LogP contribution in [0.15, 0.2) is 60.7 Å². The third-order valence-corrected chi connectivity index (χ3v) is 6.65. The summed E-state index contributed by atoms with van der Waals surface area (Å²) in [6, 6.07) is 18.3. The summed E-state index contributed by atoms with van der Waals surface area (Å²) in [7, 11) is 0. The molecule has 0 aliphatic carbocycles. The Bertz CT molecular complexity index is 1000. The highest BCUT2D eigenvalue weighted by atomic mass is 16.5. The number of hydrogen-bond donors (Lipinski definition) is 5. The van der Waals surface area contributed by atoms with Crippen molar-refractivity contribution in [3.05, 3.63) is 71.8 Å². The van der Waals surface area contributed by atoms with E-state index in [1.807, 2.05) is 48.5 Å². The lowest BCUT2D eigenvalue weighted by atomic mass is 9.80. The number of Topliss-reactive ketones (excluding diaryl/α,β-unsaturated/α-hetero) is 1.